The average molecular weight is 489 g/mol. The van der Waals surface area contributed by atoms with E-state index in [1.165, 1.54) is 12.1 Å². The molecule has 3 fully saturated rings. The Hall–Kier alpha value is -2.80. The third-order valence-corrected chi connectivity index (χ3v) is 7.75. The van der Waals surface area contributed by atoms with E-state index < -0.39 is 11.2 Å². The normalized spacial score (nSPS) is 25.5. The van der Waals surface area contributed by atoms with Gasteiger partial charge in [0, 0.05) is 18.2 Å². The molecular weight excluding hydrogens is 459 g/mol. The molecule has 1 unspecified atom stereocenters. The Kier molecular flexibility index (Phi) is 7.03. The van der Waals surface area contributed by atoms with Crippen molar-refractivity contribution in [3.8, 4) is 11.5 Å². The Balaban J connectivity index is 1.31. The highest BCUT2D eigenvalue weighted by atomic mass is 35.5. The molecule has 2 aromatic rings. The van der Waals surface area contributed by atoms with Crippen molar-refractivity contribution in [2.45, 2.75) is 51.1 Å². The van der Waals surface area contributed by atoms with Gasteiger partial charge in [0.25, 0.3) is 5.91 Å². The van der Waals surface area contributed by atoms with Gasteiger partial charge in [-0.1, -0.05) is 30.7 Å². The number of ether oxygens (including phenoxy) is 2. The lowest BCUT2D eigenvalue weighted by atomic mass is 9.52. The monoisotopic (exact) mass is 488 g/mol. The third-order valence-electron chi connectivity index (χ3n) is 7.44. The molecule has 3 saturated carbocycles. The lowest BCUT2D eigenvalue weighted by molar-refractivity contribution is -0.146. The zero-order chi connectivity index (χ0) is 24.3. The molecule has 1 atom stereocenters. The minimum atomic E-state index is -0.590. The maximum atomic E-state index is 13.6. The molecular formula is C26H30ClFN2O4. The number of fused-ring (bicyclic) bond motifs is 3. The Morgan fingerprint density at radius 2 is 1.88 bits per heavy atom. The molecule has 0 spiro atoms. The summed E-state index contributed by atoms with van der Waals surface area (Å²) in [5.74, 6) is 0.385. The summed E-state index contributed by atoms with van der Waals surface area (Å²) in [5, 5.41) is 6.27. The number of carbonyl (C=O) groups excluding carboxylic acids is 2. The van der Waals surface area contributed by atoms with Crippen molar-refractivity contribution in [2.24, 2.45) is 11.3 Å². The molecule has 8 heteroatoms. The van der Waals surface area contributed by atoms with Gasteiger partial charge in [0.2, 0.25) is 5.91 Å². The zero-order valence-electron chi connectivity index (χ0n) is 19.5. The molecule has 34 heavy (non-hydrogen) atoms. The fourth-order valence-corrected chi connectivity index (χ4v) is 5.59. The van der Waals surface area contributed by atoms with E-state index in [-0.39, 0.29) is 40.7 Å². The van der Waals surface area contributed by atoms with E-state index in [0.717, 1.165) is 49.5 Å². The number of hydrogen-bond acceptors (Lipinski definition) is 4. The van der Waals surface area contributed by atoms with Crippen LogP contribution in [0, 0.1) is 17.2 Å². The van der Waals surface area contributed by atoms with Crippen LogP contribution in [0.3, 0.4) is 0 Å². The van der Waals surface area contributed by atoms with Crippen molar-refractivity contribution in [1.82, 2.24) is 10.6 Å². The van der Waals surface area contributed by atoms with Crippen LogP contribution < -0.4 is 20.1 Å². The second-order valence-corrected chi connectivity index (χ2v) is 9.90. The van der Waals surface area contributed by atoms with E-state index in [1.807, 2.05) is 24.3 Å². The molecule has 2 amide bonds. The van der Waals surface area contributed by atoms with Gasteiger partial charge in [-0.25, -0.2) is 4.39 Å². The van der Waals surface area contributed by atoms with Crippen molar-refractivity contribution in [1.29, 1.82) is 0 Å². The van der Waals surface area contributed by atoms with Crippen LogP contribution in [0.2, 0.25) is 5.02 Å². The van der Waals surface area contributed by atoms with Crippen molar-refractivity contribution >= 4 is 23.4 Å². The first-order valence-electron chi connectivity index (χ1n) is 11.6. The number of amides is 2. The predicted molar refractivity (Wildman–Crippen MR) is 127 cm³/mol. The minimum Gasteiger partial charge on any atom is -0.497 e. The van der Waals surface area contributed by atoms with Gasteiger partial charge < -0.3 is 20.1 Å². The molecule has 182 valence electrons. The number of nitrogens with one attached hydrogen (secondary N) is 2. The summed E-state index contributed by atoms with van der Waals surface area (Å²) in [5.41, 5.74) is 0.244. The Morgan fingerprint density at radius 3 is 2.56 bits per heavy atom. The van der Waals surface area contributed by atoms with Crippen LogP contribution in [-0.2, 0) is 16.1 Å². The van der Waals surface area contributed by atoms with Crippen LogP contribution in [0.5, 0.6) is 11.5 Å². The number of carbonyl (C=O) groups is 2. The fourth-order valence-electron chi connectivity index (χ4n) is 5.47. The molecule has 2 aromatic carbocycles. The molecule has 3 aliphatic rings. The summed E-state index contributed by atoms with van der Waals surface area (Å²) in [4.78, 5) is 25.9. The Labute approximate surface area is 204 Å². The third kappa shape index (κ3) is 4.99. The van der Waals surface area contributed by atoms with E-state index in [4.69, 9.17) is 21.1 Å². The molecule has 0 radical (unpaired) electrons. The molecule has 5 rings (SSSR count). The van der Waals surface area contributed by atoms with Crippen molar-refractivity contribution < 1.29 is 23.5 Å². The topological polar surface area (TPSA) is 76.7 Å². The largest absolute Gasteiger partial charge is 0.497 e. The maximum absolute atomic E-state index is 13.6. The number of methoxy groups -OCH3 is 1. The highest BCUT2D eigenvalue weighted by molar-refractivity contribution is 6.30. The summed E-state index contributed by atoms with van der Waals surface area (Å²) in [6, 6.07) is 11.8. The van der Waals surface area contributed by atoms with Crippen LogP contribution in [0.25, 0.3) is 0 Å². The second kappa shape index (κ2) is 9.82. The second-order valence-electron chi connectivity index (χ2n) is 9.49. The quantitative estimate of drug-likeness (QED) is 0.567. The summed E-state index contributed by atoms with van der Waals surface area (Å²) < 4.78 is 24.3. The maximum Gasteiger partial charge on any atom is 0.258 e. The highest BCUT2D eigenvalue weighted by Gasteiger charge is 2.56. The van der Waals surface area contributed by atoms with E-state index in [0.29, 0.717) is 6.54 Å². The van der Waals surface area contributed by atoms with Gasteiger partial charge in [0.1, 0.15) is 17.3 Å². The molecule has 0 saturated heterocycles. The smallest absolute Gasteiger partial charge is 0.258 e. The first kappa shape index (κ1) is 24.3. The van der Waals surface area contributed by atoms with Crippen molar-refractivity contribution in [3.05, 3.63) is 58.9 Å². The average Bonchev–Trinajstić information content (AvgIpc) is 2.84. The zero-order valence-corrected chi connectivity index (χ0v) is 20.2. The minimum absolute atomic E-state index is 0.00473. The van der Waals surface area contributed by atoms with Crippen LogP contribution in [0.15, 0.2) is 42.5 Å². The van der Waals surface area contributed by atoms with Gasteiger partial charge in [-0.2, -0.15) is 0 Å². The number of halogens is 2. The highest BCUT2D eigenvalue weighted by Crippen LogP contribution is 2.55. The molecule has 2 bridgehead atoms. The number of hydrogen-bond donors (Lipinski definition) is 2. The van der Waals surface area contributed by atoms with E-state index in [2.05, 4.69) is 17.6 Å². The van der Waals surface area contributed by atoms with Crippen LogP contribution >= 0.6 is 11.6 Å². The van der Waals surface area contributed by atoms with E-state index >= 15 is 0 Å². The first-order chi connectivity index (χ1) is 16.2. The molecule has 0 heterocycles. The van der Waals surface area contributed by atoms with Gasteiger partial charge in [-0.3, -0.25) is 9.59 Å². The van der Waals surface area contributed by atoms with Gasteiger partial charge in [-0.05, 0) is 67.9 Å². The van der Waals surface area contributed by atoms with Crippen LogP contribution in [0.1, 0.15) is 44.6 Å². The van der Waals surface area contributed by atoms with Crippen LogP contribution in [-0.4, -0.2) is 31.1 Å². The molecule has 0 aliphatic heterocycles. The molecule has 6 nitrogen and oxygen atoms in total. The molecule has 0 aromatic heterocycles. The molecule has 2 N–H and O–H groups in total. The van der Waals surface area contributed by atoms with E-state index in [1.54, 1.807) is 7.11 Å². The van der Waals surface area contributed by atoms with E-state index in [9.17, 15) is 14.0 Å². The van der Waals surface area contributed by atoms with Gasteiger partial charge in [0.15, 0.2) is 6.61 Å². The Bertz CT molecular complexity index is 1070. The van der Waals surface area contributed by atoms with Gasteiger partial charge in [-0.15, -0.1) is 0 Å². The number of benzene rings is 2. The summed E-state index contributed by atoms with van der Waals surface area (Å²) in [7, 11) is 1.62. The van der Waals surface area contributed by atoms with Crippen LogP contribution in [0.4, 0.5) is 4.39 Å². The first-order valence-corrected chi connectivity index (χ1v) is 11.9. The standard InChI is InChI=1S/C26H30ClFN2O4/c1-17-14-25(30-23(31)16-34-20-6-7-21(27)22(28)13-20)8-10-26(17,11-9-25)24(32)29-15-18-4-3-5-19(12-18)33-2/h3-7,12-13,17H,8-11,14-16H2,1-2H3,(H,29,32)(H,30,31). The SMILES string of the molecule is COc1cccc(CNC(=O)C23CCC(NC(=O)COc4ccc(Cl)c(F)c4)(CC2)CC3C)c1. The molecule has 3 aliphatic carbocycles. The lowest BCUT2D eigenvalue weighted by Crippen LogP contribution is -2.63. The summed E-state index contributed by atoms with van der Waals surface area (Å²) in [6.45, 7) is 2.34. The van der Waals surface area contributed by atoms with Gasteiger partial charge in [0.05, 0.1) is 17.5 Å². The predicted octanol–water partition coefficient (Wildman–Crippen LogP) is 4.64. The lowest BCUT2D eigenvalue weighted by Gasteiger charge is -2.56. The summed E-state index contributed by atoms with van der Waals surface area (Å²) in [6.07, 6.45) is 3.67. The number of rotatable bonds is 8. The Morgan fingerprint density at radius 1 is 1.12 bits per heavy atom. The van der Waals surface area contributed by atoms with Crippen molar-refractivity contribution in [2.75, 3.05) is 13.7 Å². The van der Waals surface area contributed by atoms with Gasteiger partial charge >= 0.3 is 0 Å². The van der Waals surface area contributed by atoms with Crippen molar-refractivity contribution in [3.63, 3.8) is 0 Å². The fraction of sp³-hybridized carbons (Fsp3) is 0.462. The summed E-state index contributed by atoms with van der Waals surface area (Å²) >= 11 is 5.68.